The van der Waals surface area contributed by atoms with Gasteiger partial charge in [0.15, 0.2) is 5.82 Å². The number of hydrogen-bond donors (Lipinski definition) is 1. The summed E-state index contributed by atoms with van der Waals surface area (Å²) in [6, 6.07) is 4.04. The highest BCUT2D eigenvalue weighted by atomic mass is 16.5. The Morgan fingerprint density at radius 1 is 1.38 bits per heavy atom. The molecule has 0 fully saturated rings. The van der Waals surface area contributed by atoms with Crippen LogP contribution in [0.4, 0.5) is 0 Å². The first kappa shape index (κ1) is 10.9. The average molecular weight is 221 g/mol. The van der Waals surface area contributed by atoms with Crippen molar-refractivity contribution in [1.82, 2.24) is 15.5 Å². The second-order valence-corrected chi connectivity index (χ2v) is 3.79. The molecule has 0 aliphatic carbocycles. The molecule has 86 valence electrons. The van der Waals surface area contributed by atoms with Gasteiger partial charge in [0.2, 0.25) is 5.89 Å². The van der Waals surface area contributed by atoms with Crippen molar-refractivity contribution < 1.29 is 8.94 Å². The van der Waals surface area contributed by atoms with Crippen LogP contribution >= 0.6 is 0 Å². The maximum absolute atomic E-state index is 5.51. The first-order valence-corrected chi connectivity index (χ1v) is 5.24. The number of furan rings is 1. The maximum atomic E-state index is 5.51. The van der Waals surface area contributed by atoms with E-state index in [9.17, 15) is 0 Å². The van der Waals surface area contributed by atoms with Crippen LogP contribution in [0.15, 0.2) is 21.1 Å². The van der Waals surface area contributed by atoms with Crippen molar-refractivity contribution in [2.24, 2.45) is 0 Å². The molecule has 5 nitrogen and oxygen atoms in total. The average Bonchev–Trinajstić information content (AvgIpc) is 2.84. The van der Waals surface area contributed by atoms with Gasteiger partial charge in [-0.05, 0) is 32.9 Å². The molecule has 2 aromatic heterocycles. The van der Waals surface area contributed by atoms with Crippen molar-refractivity contribution in [3.63, 3.8) is 0 Å². The number of aryl methyl sites for hydroxylation is 2. The summed E-state index contributed by atoms with van der Waals surface area (Å²) in [6.45, 7) is 6.30. The molecule has 0 bridgehead atoms. The van der Waals surface area contributed by atoms with Gasteiger partial charge in [0, 0.05) is 0 Å². The molecule has 2 aromatic rings. The Bertz CT molecular complexity index is 461. The standard InChI is InChI=1S/C11H15N3O2/c1-7-4-5-10(15-7)8(2)12-6-11-13-9(3)14-16-11/h4-5,8,12H,6H2,1-3H3. The highest BCUT2D eigenvalue weighted by Crippen LogP contribution is 2.15. The van der Waals surface area contributed by atoms with Crippen molar-refractivity contribution in [2.75, 3.05) is 0 Å². The van der Waals surface area contributed by atoms with Crippen LogP contribution in [-0.2, 0) is 6.54 Å². The van der Waals surface area contributed by atoms with Gasteiger partial charge in [-0.3, -0.25) is 5.32 Å². The second kappa shape index (κ2) is 4.49. The molecule has 2 heterocycles. The zero-order valence-electron chi connectivity index (χ0n) is 9.65. The monoisotopic (exact) mass is 221 g/mol. The number of nitrogens with zero attached hydrogens (tertiary/aromatic N) is 2. The van der Waals surface area contributed by atoms with E-state index in [1.807, 2.05) is 26.0 Å². The van der Waals surface area contributed by atoms with Crippen molar-refractivity contribution in [3.05, 3.63) is 35.4 Å². The summed E-state index contributed by atoms with van der Waals surface area (Å²) in [5.41, 5.74) is 0. The lowest BCUT2D eigenvalue weighted by Crippen LogP contribution is -2.17. The van der Waals surface area contributed by atoms with Crippen molar-refractivity contribution in [1.29, 1.82) is 0 Å². The number of nitrogens with one attached hydrogen (secondary N) is 1. The zero-order chi connectivity index (χ0) is 11.5. The fourth-order valence-corrected chi connectivity index (χ4v) is 1.44. The molecule has 0 spiro atoms. The van der Waals surface area contributed by atoms with E-state index < -0.39 is 0 Å². The zero-order valence-corrected chi connectivity index (χ0v) is 9.65. The van der Waals surface area contributed by atoms with Gasteiger partial charge in [-0.15, -0.1) is 0 Å². The molecule has 0 aliphatic heterocycles. The minimum absolute atomic E-state index is 0.126. The molecule has 16 heavy (non-hydrogen) atoms. The summed E-state index contributed by atoms with van der Waals surface area (Å²) < 4.78 is 10.5. The van der Waals surface area contributed by atoms with Crippen LogP contribution in [0.5, 0.6) is 0 Å². The predicted molar refractivity (Wildman–Crippen MR) is 57.7 cm³/mol. The Hall–Kier alpha value is -1.62. The van der Waals surface area contributed by atoms with E-state index in [0.29, 0.717) is 18.3 Å². The summed E-state index contributed by atoms with van der Waals surface area (Å²) in [5, 5.41) is 6.97. The fourth-order valence-electron chi connectivity index (χ4n) is 1.44. The van der Waals surface area contributed by atoms with Crippen LogP contribution in [0.2, 0.25) is 0 Å². The Morgan fingerprint density at radius 3 is 2.75 bits per heavy atom. The van der Waals surface area contributed by atoms with E-state index in [1.54, 1.807) is 6.92 Å². The van der Waals surface area contributed by atoms with E-state index in [-0.39, 0.29) is 6.04 Å². The van der Waals surface area contributed by atoms with E-state index in [2.05, 4.69) is 15.5 Å². The van der Waals surface area contributed by atoms with Gasteiger partial charge in [-0.2, -0.15) is 4.98 Å². The second-order valence-electron chi connectivity index (χ2n) is 3.79. The van der Waals surface area contributed by atoms with Crippen LogP contribution in [0, 0.1) is 13.8 Å². The van der Waals surface area contributed by atoms with Crippen LogP contribution in [0.3, 0.4) is 0 Å². The van der Waals surface area contributed by atoms with E-state index >= 15 is 0 Å². The lowest BCUT2D eigenvalue weighted by Gasteiger charge is -2.08. The van der Waals surface area contributed by atoms with Gasteiger partial charge in [-0.1, -0.05) is 5.16 Å². The minimum Gasteiger partial charge on any atom is -0.465 e. The summed E-state index contributed by atoms with van der Waals surface area (Å²) >= 11 is 0. The lowest BCUT2D eigenvalue weighted by atomic mass is 10.2. The topological polar surface area (TPSA) is 64.1 Å². The molecular weight excluding hydrogens is 206 g/mol. The van der Waals surface area contributed by atoms with Crippen LogP contribution in [0.1, 0.15) is 36.2 Å². The SMILES string of the molecule is Cc1noc(CNC(C)c2ccc(C)o2)n1. The number of rotatable bonds is 4. The lowest BCUT2D eigenvalue weighted by molar-refractivity contribution is 0.346. The third kappa shape index (κ3) is 2.49. The third-order valence-electron chi connectivity index (χ3n) is 2.32. The molecule has 0 saturated heterocycles. The van der Waals surface area contributed by atoms with Gasteiger partial charge in [0.25, 0.3) is 0 Å². The highest BCUT2D eigenvalue weighted by molar-refractivity contribution is 5.08. The third-order valence-corrected chi connectivity index (χ3v) is 2.32. The van der Waals surface area contributed by atoms with Crippen molar-refractivity contribution in [2.45, 2.75) is 33.4 Å². The highest BCUT2D eigenvalue weighted by Gasteiger charge is 2.10. The predicted octanol–water partition coefficient (Wildman–Crippen LogP) is 2.13. The van der Waals surface area contributed by atoms with Crippen LogP contribution in [-0.4, -0.2) is 10.1 Å². The van der Waals surface area contributed by atoms with Gasteiger partial charge in [0.05, 0.1) is 12.6 Å². The smallest absolute Gasteiger partial charge is 0.240 e. The molecule has 5 heteroatoms. The van der Waals surface area contributed by atoms with Gasteiger partial charge in [-0.25, -0.2) is 0 Å². The summed E-state index contributed by atoms with van der Waals surface area (Å²) in [7, 11) is 0. The molecule has 1 unspecified atom stereocenters. The Labute approximate surface area is 93.8 Å². The van der Waals surface area contributed by atoms with E-state index in [4.69, 9.17) is 8.94 Å². The summed E-state index contributed by atoms with van der Waals surface area (Å²) in [6.07, 6.45) is 0. The summed E-state index contributed by atoms with van der Waals surface area (Å²) in [5.74, 6) is 3.07. The molecule has 0 amide bonds. The molecule has 1 N–H and O–H groups in total. The van der Waals surface area contributed by atoms with Crippen LogP contribution < -0.4 is 5.32 Å². The molecule has 0 aliphatic rings. The molecular formula is C11H15N3O2. The normalized spacial score (nSPS) is 12.9. The Kier molecular flexibility index (Phi) is 3.05. The fraction of sp³-hybridized carbons (Fsp3) is 0.455. The minimum atomic E-state index is 0.126. The van der Waals surface area contributed by atoms with Gasteiger partial charge < -0.3 is 8.94 Å². The summed E-state index contributed by atoms with van der Waals surface area (Å²) in [4.78, 5) is 4.11. The first-order valence-electron chi connectivity index (χ1n) is 5.24. The number of hydrogen-bond acceptors (Lipinski definition) is 5. The van der Waals surface area contributed by atoms with Gasteiger partial charge >= 0.3 is 0 Å². The molecule has 0 radical (unpaired) electrons. The Morgan fingerprint density at radius 2 is 2.19 bits per heavy atom. The van der Waals surface area contributed by atoms with Gasteiger partial charge in [0.1, 0.15) is 11.5 Å². The van der Waals surface area contributed by atoms with E-state index in [0.717, 1.165) is 11.5 Å². The molecule has 0 saturated carbocycles. The molecule has 2 rings (SSSR count). The largest absolute Gasteiger partial charge is 0.465 e. The maximum Gasteiger partial charge on any atom is 0.240 e. The van der Waals surface area contributed by atoms with Crippen molar-refractivity contribution in [3.8, 4) is 0 Å². The Balaban J connectivity index is 1.91. The molecule has 1 atom stereocenters. The van der Waals surface area contributed by atoms with Crippen molar-refractivity contribution >= 4 is 0 Å². The molecule has 0 aromatic carbocycles. The van der Waals surface area contributed by atoms with E-state index in [1.165, 1.54) is 0 Å². The number of aromatic nitrogens is 2. The quantitative estimate of drug-likeness (QED) is 0.856. The van der Waals surface area contributed by atoms with Crippen LogP contribution in [0.25, 0.3) is 0 Å². The first-order chi connectivity index (χ1) is 7.65.